The van der Waals surface area contributed by atoms with Gasteiger partial charge in [0.1, 0.15) is 5.82 Å². The van der Waals surface area contributed by atoms with Crippen molar-refractivity contribution in [1.29, 1.82) is 0 Å². The summed E-state index contributed by atoms with van der Waals surface area (Å²) in [4.78, 5) is 4.16. The molecule has 0 bridgehead atoms. The molecular formula is C12H11ClFN3O2. The first-order valence-electron chi connectivity index (χ1n) is 5.81. The Morgan fingerprint density at radius 2 is 2.32 bits per heavy atom. The van der Waals surface area contributed by atoms with Crippen LogP contribution in [0.15, 0.2) is 22.7 Å². The van der Waals surface area contributed by atoms with Crippen LogP contribution in [0.25, 0.3) is 11.4 Å². The average Bonchev–Trinajstić information content (AvgIpc) is 3.02. The summed E-state index contributed by atoms with van der Waals surface area (Å²) in [7, 11) is 0. The minimum atomic E-state index is -1.13. The highest BCUT2D eigenvalue weighted by Gasteiger charge is 2.38. The van der Waals surface area contributed by atoms with Crippen molar-refractivity contribution in [1.82, 2.24) is 15.5 Å². The first-order valence-corrected chi connectivity index (χ1v) is 6.19. The number of hydrogen-bond acceptors (Lipinski definition) is 5. The quantitative estimate of drug-likeness (QED) is 0.878. The zero-order valence-electron chi connectivity index (χ0n) is 9.86. The standard InChI is InChI=1S/C12H11ClFN3O2/c13-8-5-7(1-2-9(8)14)10-16-11(19-17-10)12(18)3-4-15-6-12/h1-2,5,15,18H,3-4,6H2. The van der Waals surface area contributed by atoms with Gasteiger partial charge in [0.05, 0.1) is 5.02 Å². The normalized spacial score (nSPS) is 22.9. The molecule has 5 nitrogen and oxygen atoms in total. The summed E-state index contributed by atoms with van der Waals surface area (Å²) in [6, 6.07) is 4.16. The highest BCUT2D eigenvalue weighted by molar-refractivity contribution is 6.31. The molecule has 0 amide bonds. The highest BCUT2D eigenvalue weighted by atomic mass is 35.5. The molecule has 1 aromatic carbocycles. The Hall–Kier alpha value is -1.50. The van der Waals surface area contributed by atoms with E-state index in [1.807, 2.05) is 0 Å². The van der Waals surface area contributed by atoms with Gasteiger partial charge in [-0.05, 0) is 31.2 Å². The minimum absolute atomic E-state index is 0.00917. The fourth-order valence-electron chi connectivity index (χ4n) is 2.03. The van der Waals surface area contributed by atoms with Crippen LogP contribution < -0.4 is 5.32 Å². The molecule has 2 aromatic rings. The first-order chi connectivity index (χ1) is 9.08. The predicted octanol–water partition coefficient (Wildman–Crippen LogP) is 1.71. The summed E-state index contributed by atoms with van der Waals surface area (Å²) in [5, 5.41) is 17.1. The predicted molar refractivity (Wildman–Crippen MR) is 66.1 cm³/mol. The molecule has 0 radical (unpaired) electrons. The number of aromatic nitrogens is 2. The van der Waals surface area contributed by atoms with Crippen molar-refractivity contribution in [2.75, 3.05) is 13.1 Å². The van der Waals surface area contributed by atoms with E-state index in [-0.39, 0.29) is 16.7 Å². The second-order valence-corrected chi connectivity index (χ2v) is 4.92. The molecule has 1 aromatic heterocycles. The van der Waals surface area contributed by atoms with Crippen LogP contribution in [0.1, 0.15) is 12.3 Å². The van der Waals surface area contributed by atoms with Gasteiger partial charge in [-0.15, -0.1) is 0 Å². The Morgan fingerprint density at radius 1 is 1.47 bits per heavy atom. The van der Waals surface area contributed by atoms with Crippen LogP contribution in [0.2, 0.25) is 5.02 Å². The summed E-state index contributed by atoms with van der Waals surface area (Å²) < 4.78 is 18.2. The van der Waals surface area contributed by atoms with E-state index < -0.39 is 11.4 Å². The van der Waals surface area contributed by atoms with E-state index in [1.165, 1.54) is 18.2 Å². The van der Waals surface area contributed by atoms with Crippen molar-refractivity contribution in [3.63, 3.8) is 0 Å². The van der Waals surface area contributed by atoms with E-state index in [4.69, 9.17) is 16.1 Å². The van der Waals surface area contributed by atoms with E-state index in [2.05, 4.69) is 15.5 Å². The molecule has 2 heterocycles. The lowest BCUT2D eigenvalue weighted by Gasteiger charge is -2.14. The molecule has 100 valence electrons. The summed E-state index contributed by atoms with van der Waals surface area (Å²) in [5.74, 6) is -0.0714. The van der Waals surface area contributed by atoms with Gasteiger partial charge in [-0.2, -0.15) is 4.98 Å². The maximum atomic E-state index is 13.1. The molecule has 1 saturated heterocycles. The third kappa shape index (κ3) is 2.22. The molecule has 1 unspecified atom stereocenters. The van der Waals surface area contributed by atoms with Gasteiger partial charge in [-0.3, -0.25) is 0 Å². The first kappa shape index (κ1) is 12.5. The molecule has 19 heavy (non-hydrogen) atoms. The summed E-state index contributed by atoms with van der Waals surface area (Å²) >= 11 is 5.70. The van der Waals surface area contributed by atoms with Crippen LogP contribution in [0, 0.1) is 5.82 Å². The van der Waals surface area contributed by atoms with Crippen LogP contribution in [0.3, 0.4) is 0 Å². The van der Waals surface area contributed by atoms with E-state index in [9.17, 15) is 9.50 Å². The lowest BCUT2D eigenvalue weighted by Crippen LogP contribution is -2.28. The molecule has 0 aliphatic carbocycles. The summed E-state index contributed by atoms with van der Waals surface area (Å²) in [6.45, 7) is 1.06. The van der Waals surface area contributed by atoms with Gasteiger partial charge in [-0.1, -0.05) is 16.8 Å². The van der Waals surface area contributed by atoms with Crippen molar-refractivity contribution < 1.29 is 14.0 Å². The summed E-state index contributed by atoms with van der Waals surface area (Å²) in [5.41, 5.74) is -0.592. The monoisotopic (exact) mass is 283 g/mol. The number of benzene rings is 1. The Bertz CT molecular complexity index is 611. The van der Waals surface area contributed by atoms with Gasteiger partial charge in [0.25, 0.3) is 5.89 Å². The number of β-amino-alcohol motifs (C(OH)–C–C–N with tert-alkyl or cyclic N) is 1. The lowest BCUT2D eigenvalue weighted by molar-refractivity contribution is 0.0243. The van der Waals surface area contributed by atoms with Crippen molar-refractivity contribution in [3.8, 4) is 11.4 Å². The molecule has 7 heteroatoms. The van der Waals surface area contributed by atoms with Crippen LogP contribution in [-0.2, 0) is 5.60 Å². The molecule has 1 aliphatic heterocycles. The molecule has 1 atom stereocenters. The van der Waals surface area contributed by atoms with Gasteiger partial charge >= 0.3 is 0 Å². The largest absolute Gasteiger partial charge is 0.379 e. The van der Waals surface area contributed by atoms with Crippen molar-refractivity contribution >= 4 is 11.6 Å². The molecule has 1 fully saturated rings. The molecule has 1 aliphatic rings. The Morgan fingerprint density at radius 3 is 3.00 bits per heavy atom. The average molecular weight is 284 g/mol. The Labute approximate surface area is 113 Å². The maximum absolute atomic E-state index is 13.1. The topological polar surface area (TPSA) is 71.2 Å². The fraction of sp³-hybridized carbons (Fsp3) is 0.333. The molecular weight excluding hydrogens is 273 g/mol. The number of nitrogens with one attached hydrogen (secondary N) is 1. The van der Waals surface area contributed by atoms with Crippen molar-refractivity contribution in [3.05, 3.63) is 34.9 Å². The van der Waals surface area contributed by atoms with Crippen LogP contribution >= 0.6 is 11.6 Å². The molecule has 2 N–H and O–H groups in total. The van der Waals surface area contributed by atoms with Gasteiger partial charge < -0.3 is 14.9 Å². The highest BCUT2D eigenvalue weighted by Crippen LogP contribution is 2.29. The second-order valence-electron chi connectivity index (χ2n) is 4.51. The zero-order chi connectivity index (χ0) is 13.5. The van der Waals surface area contributed by atoms with Gasteiger partial charge in [0.2, 0.25) is 5.82 Å². The number of hydrogen-bond donors (Lipinski definition) is 2. The Kier molecular flexibility index (Phi) is 3.00. The third-order valence-electron chi connectivity index (χ3n) is 3.13. The summed E-state index contributed by atoms with van der Waals surface area (Å²) in [6.07, 6.45) is 0.513. The molecule has 3 rings (SSSR count). The zero-order valence-corrected chi connectivity index (χ0v) is 10.6. The molecule has 0 spiro atoms. The van der Waals surface area contributed by atoms with Crippen LogP contribution in [-0.4, -0.2) is 28.3 Å². The van der Waals surface area contributed by atoms with Crippen LogP contribution in [0.5, 0.6) is 0 Å². The third-order valence-corrected chi connectivity index (χ3v) is 3.42. The van der Waals surface area contributed by atoms with Crippen molar-refractivity contribution in [2.45, 2.75) is 12.0 Å². The molecule has 0 saturated carbocycles. The minimum Gasteiger partial charge on any atom is -0.379 e. The number of aliphatic hydroxyl groups is 1. The number of halogens is 2. The second kappa shape index (κ2) is 4.56. The van der Waals surface area contributed by atoms with E-state index in [1.54, 1.807) is 0 Å². The number of rotatable bonds is 2. The van der Waals surface area contributed by atoms with Gasteiger partial charge in [-0.25, -0.2) is 4.39 Å². The van der Waals surface area contributed by atoms with Gasteiger partial charge in [0, 0.05) is 12.1 Å². The fourth-order valence-corrected chi connectivity index (χ4v) is 2.21. The van der Waals surface area contributed by atoms with Gasteiger partial charge in [0.15, 0.2) is 5.60 Å². The maximum Gasteiger partial charge on any atom is 0.260 e. The lowest BCUT2D eigenvalue weighted by atomic mass is 10.0. The van der Waals surface area contributed by atoms with E-state index >= 15 is 0 Å². The smallest absolute Gasteiger partial charge is 0.260 e. The SMILES string of the molecule is OC1(c2nc(-c3ccc(F)c(Cl)c3)no2)CCNC1. The Balaban J connectivity index is 1.94. The number of nitrogens with zero attached hydrogens (tertiary/aromatic N) is 2. The van der Waals surface area contributed by atoms with Crippen LogP contribution in [0.4, 0.5) is 4.39 Å². The van der Waals surface area contributed by atoms with E-state index in [0.29, 0.717) is 25.1 Å². The van der Waals surface area contributed by atoms with E-state index in [0.717, 1.165) is 0 Å². The van der Waals surface area contributed by atoms with Crippen molar-refractivity contribution in [2.24, 2.45) is 0 Å².